The maximum atomic E-state index is 12.5. The number of nitrogens with one attached hydrogen (secondary N) is 1. The zero-order chi connectivity index (χ0) is 17.5. The molecule has 2 amide bonds. The van der Waals surface area contributed by atoms with Crippen LogP contribution in [0.1, 0.15) is 31.2 Å². The molecule has 4 rings (SSSR count). The highest BCUT2D eigenvalue weighted by molar-refractivity contribution is 7.92. The lowest BCUT2D eigenvalue weighted by molar-refractivity contribution is 0.195. The smallest absolute Gasteiger partial charge is 0.317 e. The molecule has 1 aromatic heterocycles. The summed E-state index contributed by atoms with van der Waals surface area (Å²) in [6.07, 6.45) is 4.66. The third kappa shape index (κ3) is 2.80. The van der Waals surface area contributed by atoms with E-state index in [2.05, 4.69) is 5.32 Å². The van der Waals surface area contributed by atoms with Gasteiger partial charge >= 0.3 is 6.03 Å². The van der Waals surface area contributed by atoms with Crippen LogP contribution in [-0.4, -0.2) is 42.9 Å². The van der Waals surface area contributed by atoms with Gasteiger partial charge in [-0.05, 0) is 25.3 Å². The van der Waals surface area contributed by atoms with Gasteiger partial charge in [0.25, 0.3) is 0 Å². The molecule has 2 aliphatic rings. The molecule has 2 fully saturated rings. The van der Waals surface area contributed by atoms with Crippen LogP contribution in [0.25, 0.3) is 11.0 Å². The number of sulfone groups is 1. The fourth-order valence-electron chi connectivity index (χ4n) is 3.84. The summed E-state index contributed by atoms with van der Waals surface area (Å²) in [7, 11) is -3.11. The molecular formula is C18H22N2O4S. The van der Waals surface area contributed by atoms with Crippen molar-refractivity contribution >= 4 is 26.8 Å². The summed E-state index contributed by atoms with van der Waals surface area (Å²) in [5.74, 6) is 0.0645. The molecule has 7 heteroatoms. The number of hydrogen-bond donors (Lipinski definition) is 1. The maximum absolute atomic E-state index is 12.5. The lowest BCUT2D eigenvalue weighted by atomic mass is 9.81. The molecule has 1 N–H and O–H groups in total. The van der Waals surface area contributed by atoms with Crippen LogP contribution in [0.15, 0.2) is 34.9 Å². The highest BCUT2D eigenvalue weighted by atomic mass is 32.2. The van der Waals surface area contributed by atoms with E-state index in [-0.39, 0.29) is 18.3 Å². The van der Waals surface area contributed by atoms with Crippen LogP contribution in [0.4, 0.5) is 4.79 Å². The molecule has 6 nitrogen and oxygen atoms in total. The van der Waals surface area contributed by atoms with Crippen molar-refractivity contribution in [1.29, 1.82) is 0 Å². The van der Waals surface area contributed by atoms with Crippen molar-refractivity contribution in [3.05, 3.63) is 36.1 Å². The van der Waals surface area contributed by atoms with Gasteiger partial charge in [-0.2, -0.15) is 0 Å². The lowest BCUT2D eigenvalue weighted by Gasteiger charge is -2.39. The van der Waals surface area contributed by atoms with Crippen molar-refractivity contribution in [2.75, 3.05) is 18.8 Å². The SMILES string of the molecule is O=C(NCc1coc2ccccc12)N1CCC2(CCC2)S(=O)(=O)CC1. The zero-order valence-electron chi connectivity index (χ0n) is 14.0. The fourth-order valence-corrected chi connectivity index (χ4v) is 6.05. The van der Waals surface area contributed by atoms with Gasteiger partial charge in [0.15, 0.2) is 9.84 Å². The number of carbonyl (C=O) groups excluding carboxylic acids is 1. The van der Waals surface area contributed by atoms with E-state index in [4.69, 9.17) is 4.42 Å². The molecule has 1 aliphatic carbocycles. The number of urea groups is 1. The first-order valence-electron chi connectivity index (χ1n) is 8.71. The molecule has 134 valence electrons. The van der Waals surface area contributed by atoms with Gasteiger partial charge in [0.05, 0.1) is 16.8 Å². The summed E-state index contributed by atoms with van der Waals surface area (Å²) in [6, 6.07) is 7.47. The summed E-state index contributed by atoms with van der Waals surface area (Å²) in [4.78, 5) is 14.1. The van der Waals surface area contributed by atoms with Gasteiger partial charge in [-0.15, -0.1) is 0 Å². The zero-order valence-corrected chi connectivity index (χ0v) is 14.8. The van der Waals surface area contributed by atoms with Gasteiger partial charge in [0.1, 0.15) is 5.58 Å². The third-order valence-corrected chi connectivity index (χ3v) is 8.32. The number of benzene rings is 1. The van der Waals surface area contributed by atoms with E-state index in [1.165, 1.54) is 0 Å². The number of hydrogen-bond acceptors (Lipinski definition) is 4. The Morgan fingerprint density at radius 1 is 1.20 bits per heavy atom. The van der Waals surface area contributed by atoms with E-state index >= 15 is 0 Å². The van der Waals surface area contributed by atoms with Crippen molar-refractivity contribution in [1.82, 2.24) is 10.2 Å². The molecule has 0 atom stereocenters. The Morgan fingerprint density at radius 3 is 2.76 bits per heavy atom. The average Bonchev–Trinajstić information content (AvgIpc) is 2.90. The Morgan fingerprint density at radius 2 is 2.00 bits per heavy atom. The van der Waals surface area contributed by atoms with E-state index in [1.807, 2.05) is 24.3 Å². The maximum Gasteiger partial charge on any atom is 0.317 e. The molecule has 0 bridgehead atoms. The van der Waals surface area contributed by atoms with Crippen LogP contribution in [0.3, 0.4) is 0 Å². The molecule has 1 saturated carbocycles. The Labute approximate surface area is 147 Å². The molecule has 1 saturated heterocycles. The Balaban J connectivity index is 1.41. The van der Waals surface area contributed by atoms with Gasteiger partial charge < -0.3 is 14.6 Å². The second-order valence-electron chi connectivity index (χ2n) is 7.01. The van der Waals surface area contributed by atoms with Gasteiger partial charge in [-0.25, -0.2) is 13.2 Å². The highest BCUT2D eigenvalue weighted by Gasteiger charge is 2.49. The van der Waals surface area contributed by atoms with Crippen LogP contribution in [0.5, 0.6) is 0 Å². The monoisotopic (exact) mass is 362 g/mol. The number of amides is 2. The van der Waals surface area contributed by atoms with Crippen LogP contribution >= 0.6 is 0 Å². The largest absolute Gasteiger partial charge is 0.464 e. The van der Waals surface area contributed by atoms with Crippen molar-refractivity contribution in [2.24, 2.45) is 0 Å². The predicted octanol–water partition coefficient (Wildman–Crippen LogP) is 2.69. The van der Waals surface area contributed by atoms with E-state index in [9.17, 15) is 13.2 Å². The minimum atomic E-state index is -3.11. The first-order valence-corrected chi connectivity index (χ1v) is 10.4. The molecule has 0 radical (unpaired) electrons. The van der Waals surface area contributed by atoms with E-state index in [1.54, 1.807) is 11.2 Å². The number of rotatable bonds is 2. The van der Waals surface area contributed by atoms with Crippen molar-refractivity contribution < 1.29 is 17.6 Å². The van der Waals surface area contributed by atoms with Crippen LogP contribution in [0, 0.1) is 0 Å². The van der Waals surface area contributed by atoms with Gasteiger partial charge in [0.2, 0.25) is 0 Å². The number of furan rings is 1. The summed E-state index contributed by atoms with van der Waals surface area (Å²) in [5.41, 5.74) is 1.71. The molecule has 2 aromatic rings. The molecule has 1 spiro atoms. The standard InChI is InChI=1S/C18H22N2O4S/c21-17(19-12-14-13-24-16-5-2-1-4-15(14)16)20-9-8-18(6-3-7-18)25(22,23)11-10-20/h1-2,4-5,13H,3,6-12H2,(H,19,21). The quantitative estimate of drug-likeness (QED) is 0.891. The number of fused-ring (bicyclic) bond motifs is 1. The molecule has 1 aromatic carbocycles. The summed E-state index contributed by atoms with van der Waals surface area (Å²) < 4.78 is 29.9. The van der Waals surface area contributed by atoms with Crippen LogP contribution in [0.2, 0.25) is 0 Å². The second kappa shape index (κ2) is 6.05. The van der Waals surface area contributed by atoms with Gasteiger partial charge in [0, 0.05) is 30.6 Å². The third-order valence-electron chi connectivity index (χ3n) is 5.67. The summed E-state index contributed by atoms with van der Waals surface area (Å²) in [5, 5.41) is 3.88. The minimum Gasteiger partial charge on any atom is -0.464 e. The molecule has 0 unspecified atom stereocenters. The summed E-state index contributed by atoms with van der Waals surface area (Å²) in [6.45, 7) is 1.13. The first-order chi connectivity index (χ1) is 12.0. The molecular weight excluding hydrogens is 340 g/mol. The van der Waals surface area contributed by atoms with Crippen molar-refractivity contribution in [3.63, 3.8) is 0 Å². The number of para-hydroxylation sites is 1. The van der Waals surface area contributed by atoms with Crippen LogP contribution in [-0.2, 0) is 16.4 Å². The second-order valence-corrected chi connectivity index (χ2v) is 9.51. The first kappa shape index (κ1) is 16.4. The van der Waals surface area contributed by atoms with E-state index in [0.717, 1.165) is 35.8 Å². The molecule has 1 aliphatic heterocycles. The number of nitrogens with zero attached hydrogens (tertiary/aromatic N) is 1. The Bertz CT molecular complexity index is 899. The predicted molar refractivity (Wildman–Crippen MR) is 95.0 cm³/mol. The van der Waals surface area contributed by atoms with Crippen LogP contribution < -0.4 is 5.32 Å². The molecule has 2 heterocycles. The Hall–Kier alpha value is -2.02. The van der Waals surface area contributed by atoms with Gasteiger partial charge in [-0.1, -0.05) is 24.6 Å². The van der Waals surface area contributed by atoms with E-state index < -0.39 is 14.6 Å². The number of carbonyl (C=O) groups is 1. The normalized spacial score (nSPS) is 21.7. The average molecular weight is 362 g/mol. The van der Waals surface area contributed by atoms with Crippen molar-refractivity contribution in [2.45, 2.75) is 37.0 Å². The van der Waals surface area contributed by atoms with Crippen molar-refractivity contribution in [3.8, 4) is 0 Å². The highest BCUT2D eigenvalue weighted by Crippen LogP contribution is 2.43. The van der Waals surface area contributed by atoms with E-state index in [0.29, 0.717) is 19.5 Å². The summed E-state index contributed by atoms with van der Waals surface area (Å²) >= 11 is 0. The fraction of sp³-hybridized carbons (Fsp3) is 0.500. The molecule has 25 heavy (non-hydrogen) atoms. The Kier molecular flexibility index (Phi) is 3.98. The minimum absolute atomic E-state index is 0.0645. The lowest BCUT2D eigenvalue weighted by Crippen LogP contribution is -2.46. The van der Waals surface area contributed by atoms with Gasteiger partial charge in [-0.3, -0.25) is 0 Å². The topological polar surface area (TPSA) is 79.6 Å².